The van der Waals surface area contributed by atoms with Gasteiger partial charge >= 0.3 is 0 Å². The number of nitrogens with one attached hydrogen (secondary N) is 2. The maximum absolute atomic E-state index is 13.4. The lowest BCUT2D eigenvalue weighted by molar-refractivity contribution is 0.102. The van der Waals surface area contributed by atoms with Gasteiger partial charge < -0.3 is 10.1 Å². The van der Waals surface area contributed by atoms with E-state index in [0.29, 0.717) is 39.9 Å². The lowest BCUT2D eigenvalue weighted by atomic mass is 9.83. The molecule has 1 saturated carbocycles. The fourth-order valence-electron chi connectivity index (χ4n) is 4.28. The molecular weight excluding hydrogens is 527 g/mol. The Morgan fingerprint density at radius 2 is 1.98 bits per heavy atom. The summed E-state index contributed by atoms with van der Waals surface area (Å²) >= 11 is 1.56. The number of aromatic amines is 1. The van der Waals surface area contributed by atoms with Crippen molar-refractivity contribution < 1.29 is 13.9 Å². The fourth-order valence-corrected chi connectivity index (χ4v) is 5.03. The van der Waals surface area contributed by atoms with Crippen LogP contribution < -0.4 is 10.1 Å². The van der Waals surface area contributed by atoms with Crippen molar-refractivity contribution in [3.05, 3.63) is 105 Å². The molecular formula is C30H23FN6O2S. The highest BCUT2D eigenvalue weighted by Crippen LogP contribution is 2.36. The predicted octanol–water partition coefficient (Wildman–Crippen LogP) is 5.96. The molecule has 0 spiro atoms. The number of aromatic nitrogens is 5. The SMILES string of the molecule is O=C(Nc1cccc(C#Cc2nc(C3CCC3)cs2)c1)c1ccc(-c2nn[nH]n2)cc1COc1ccc(F)cc1. The van der Waals surface area contributed by atoms with E-state index < -0.39 is 0 Å². The highest BCUT2D eigenvalue weighted by molar-refractivity contribution is 7.10. The summed E-state index contributed by atoms with van der Waals surface area (Å²) in [6.45, 7) is 0.0717. The van der Waals surface area contributed by atoms with Crippen LogP contribution in [0.4, 0.5) is 10.1 Å². The first-order chi connectivity index (χ1) is 19.6. The van der Waals surface area contributed by atoms with Crippen molar-refractivity contribution in [2.75, 3.05) is 5.32 Å². The monoisotopic (exact) mass is 550 g/mol. The van der Waals surface area contributed by atoms with Gasteiger partial charge in [0.15, 0.2) is 5.01 Å². The van der Waals surface area contributed by atoms with E-state index in [-0.39, 0.29) is 18.3 Å². The van der Waals surface area contributed by atoms with Gasteiger partial charge in [0.2, 0.25) is 5.82 Å². The van der Waals surface area contributed by atoms with Crippen molar-refractivity contribution in [3.63, 3.8) is 0 Å². The maximum atomic E-state index is 13.4. The van der Waals surface area contributed by atoms with E-state index >= 15 is 0 Å². The minimum Gasteiger partial charge on any atom is -0.489 e. The number of H-pyrrole nitrogens is 1. The van der Waals surface area contributed by atoms with Gasteiger partial charge in [-0.05, 0) is 78.6 Å². The lowest BCUT2D eigenvalue weighted by Crippen LogP contribution is -2.15. The molecule has 0 bridgehead atoms. The summed E-state index contributed by atoms with van der Waals surface area (Å²) in [5.74, 6) is 7.08. The van der Waals surface area contributed by atoms with Crippen LogP contribution in [0.2, 0.25) is 0 Å². The molecule has 6 rings (SSSR count). The third kappa shape index (κ3) is 5.90. The number of rotatable bonds is 7. The molecule has 3 aromatic carbocycles. The summed E-state index contributed by atoms with van der Waals surface area (Å²) < 4.78 is 19.2. The number of benzene rings is 3. The number of anilines is 1. The molecule has 8 nitrogen and oxygen atoms in total. The number of halogens is 1. The number of nitrogens with zero attached hydrogens (tertiary/aromatic N) is 4. The van der Waals surface area contributed by atoms with Crippen LogP contribution in [-0.4, -0.2) is 31.5 Å². The highest BCUT2D eigenvalue weighted by atomic mass is 32.1. The van der Waals surface area contributed by atoms with Crippen molar-refractivity contribution in [1.29, 1.82) is 0 Å². The van der Waals surface area contributed by atoms with Gasteiger partial charge in [0.25, 0.3) is 5.91 Å². The van der Waals surface area contributed by atoms with Gasteiger partial charge in [0.05, 0.1) is 5.69 Å². The second-order valence-corrected chi connectivity index (χ2v) is 10.2. The van der Waals surface area contributed by atoms with Crippen molar-refractivity contribution in [2.45, 2.75) is 31.8 Å². The summed E-state index contributed by atoms with van der Waals surface area (Å²) in [6, 6.07) is 18.3. The number of thiazole rings is 1. The third-order valence-electron chi connectivity index (χ3n) is 6.64. The van der Waals surface area contributed by atoms with Crippen LogP contribution in [0.3, 0.4) is 0 Å². The van der Waals surface area contributed by atoms with Gasteiger partial charge in [-0.15, -0.1) is 21.5 Å². The lowest BCUT2D eigenvalue weighted by Gasteiger charge is -2.22. The first-order valence-corrected chi connectivity index (χ1v) is 13.6. The van der Waals surface area contributed by atoms with Crippen molar-refractivity contribution >= 4 is 22.9 Å². The van der Waals surface area contributed by atoms with E-state index in [4.69, 9.17) is 4.74 Å². The molecule has 0 radical (unpaired) electrons. The fraction of sp³-hybridized carbons (Fsp3) is 0.167. The molecule has 2 aromatic heterocycles. The molecule has 40 heavy (non-hydrogen) atoms. The zero-order chi connectivity index (χ0) is 27.3. The van der Waals surface area contributed by atoms with Crippen LogP contribution in [0.1, 0.15) is 57.4 Å². The zero-order valence-electron chi connectivity index (χ0n) is 21.2. The van der Waals surface area contributed by atoms with E-state index in [1.807, 2.05) is 24.3 Å². The summed E-state index contributed by atoms with van der Waals surface area (Å²) in [7, 11) is 0. The number of carbonyl (C=O) groups excluding carboxylic acids is 1. The Balaban J connectivity index is 1.20. The van der Waals surface area contributed by atoms with Crippen molar-refractivity contribution in [2.24, 2.45) is 0 Å². The van der Waals surface area contributed by atoms with Crippen molar-refractivity contribution in [1.82, 2.24) is 25.6 Å². The van der Waals surface area contributed by atoms with Gasteiger partial charge in [0.1, 0.15) is 18.2 Å². The zero-order valence-corrected chi connectivity index (χ0v) is 22.0. The minimum atomic E-state index is -0.358. The predicted molar refractivity (Wildman–Crippen MR) is 149 cm³/mol. The van der Waals surface area contributed by atoms with Gasteiger partial charge in [0, 0.05) is 39.2 Å². The smallest absolute Gasteiger partial charge is 0.256 e. The van der Waals surface area contributed by atoms with Gasteiger partial charge in [-0.25, -0.2) is 9.37 Å². The summed E-state index contributed by atoms with van der Waals surface area (Å²) in [4.78, 5) is 18.0. The largest absolute Gasteiger partial charge is 0.489 e. The minimum absolute atomic E-state index is 0.0717. The Labute approximate surface area is 233 Å². The summed E-state index contributed by atoms with van der Waals surface area (Å²) in [6.07, 6.45) is 3.68. The van der Waals surface area contributed by atoms with Crippen molar-refractivity contribution in [3.8, 4) is 29.0 Å². The number of amides is 1. The average Bonchev–Trinajstić information content (AvgIpc) is 3.64. The third-order valence-corrected chi connectivity index (χ3v) is 7.42. The van der Waals surface area contributed by atoms with Crippen LogP contribution in [0, 0.1) is 17.7 Å². The van der Waals surface area contributed by atoms with Crippen LogP contribution in [0.15, 0.2) is 72.1 Å². The Morgan fingerprint density at radius 3 is 2.75 bits per heavy atom. The maximum Gasteiger partial charge on any atom is 0.256 e. The molecule has 10 heteroatoms. The molecule has 1 aliphatic rings. The Kier molecular flexibility index (Phi) is 7.28. The molecule has 0 saturated heterocycles. The highest BCUT2D eigenvalue weighted by Gasteiger charge is 2.21. The van der Waals surface area contributed by atoms with E-state index in [1.165, 1.54) is 43.5 Å². The molecule has 5 aromatic rings. The molecule has 1 amide bonds. The molecule has 0 aliphatic heterocycles. The quantitative estimate of drug-likeness (QED) is 0.242. The molecule has 2 heterocycles. The second-order valence-electron chi connectivity index (χ2n) is 9.34. The number of carbonyl (C=O) groups is 1. The molecule has 2 N–H and O–H groups in total. The standard InChI is InChI=1S/C30H23FN6O2S/c31-23-9-11-25(12-10-23)39-17-22-16-21(29-34-36-37-35-29)8-13-26(22)30(38)32-24-6-1-3-19(15-24)7-14-28-33-27(18-40-28)20-4-2-5-20/h1,3,6,8-13,15-16,18,20H,2,4-5,17H2,(H,32,38)(H,34,35,36,37). The number of hydrogen-bond acceptors (Lipinski definition) is 7. The summed E-state index contributed by atoms with van der Waals surface area (Å²) in [5.41, 5.74) is 4.21. The average molecular weight is 551 g/mol. The molecule has 198 valence electrons. The molecule has 0 unspecified atom stereocenters. The van der Waals surface area contributed by atoms with Gasteiger partial charge in [-0.3, -0.25) is 4.79 Å². The Hall–Kier alpha value is -4.88. The number of tetrazole rings is 1. The van der Waals surface area contributed by atoms with E-state index in [0.717, 1.165) is 16.3 Å². The van der Waals surface area contributed by atoms with Crippen LogP contribution in [-0.2, 0) is 6.61 Å². The first kappa shape index (κ1) is 25.4. The van der Waals surface area contributed by atoms with Crippen LogP contribution >= 0.6 is 11.3 Å². The second kappa shape index (κ2) is 11.5. The summed E-state index contributed by atoms with van der Waals surface area (Å²) in [5, 5.41) is 19.9. The van der Waals surface area contributed by atoms with Gasteiger partial charge in [-0.2, -0.15) is 5.21 Å². The first-order valence-electron chi connectivity index (χ1n) is 12.7. The topological polar surface area (TPSA) is 106 Å². The van der Waals surface area contributed by atoms with E-state index in [2.05, 4.69) is 48.1 Å². The molecule has 1 fully saturated rings. The van der Waals surface area contributed by atoms with E-state index in [1.54, 1.807) is 29.5 Å². The molecule has 0 atom stereocenters. The molecule has 1 aliphatic carbocycles. The van der Waals surface area contributed by atoms with Crippen LogP contribution in [0.5, 0.6) is 5.75 Å². The Morgan fingerprint density at radius 1 is 1.10 bits per heavy atom. The number of ether oxygens (including phenoxy) is 1. The van der Waals surface area contributed by atoms with Gasteiger partial charge in [-0.1, -0.05) is 24.5 Å². The Bertz CT molecular complexity index is 1700. The normalized spacial score (nSPS) is 12.7. The number of hydrogen-bond donors (Lipinski definition) is 2. The van der Waals surface area contributed by atoms with Crippen LogP contribution in [0.25, 0.3) is 11.4 Å². The van der Waals surface area contributed by atoms with E-state index in [9.17, 15) is 9.18 Å².